The van der Waals surface area contributed by atoms with Gasteiger partial charge in [-0.05, 0) is 43.2 Å². The van der Waals surface area contributed by atoms with E-state index in [1.807, 2.05) is 6.07 Å². The van der Waals surface area contributed by atoms with Gasteiger partial charge in [-0.25, -0.2) is 13.4 Å². The van der Waals surface area contributed by atoms with Gasteiger partial charge in [0.25, 0.3) is 0 Å². The first-order valence-electron chi connectivity index (χ1n) is 7.51. The van der Waals surface area contributed by atoms with Crippen molar-refractivity contribution in [3.63, 3.8) is 0 Å². The van der Waals surface area contributed by atoms with Crippen molar-refractivity contribution in [3.05, 3.63) is 18.2 Å². The van der Waals surface area contributed by atoms with E-state index in [2.05, 4.69) is 9.88 Å². The Balaban J connectivity index is 1.64. The van der Waals surface area contributed by atoms with Crippen LogP contribution in [0.4, 0.5) is 5.82 Å². The number of nitrogens with zero attached hydrogens (tertiary/aromatic N) is 2. The van der Waals surface area contributed by atoms with E-state index >= 15 is 0 Å². The largest absolute Gasteiger partial charge is 0.481 e. The van der Waals surface area contributed by atoms with Gasteiger partial charge >= 0.3 is 5.97 Å². The summed E-state index contributed by atoms with van der Waals surface area (Å²) in [7, 11) is -3.30. The molecule has 1 aromatic heterocycles. The number of hydrogen-bond acceptors (Lipinski definition) is 5. The molecule has 0 amide bonds. The number of aromatic nitrogens is 1. The molecule has 0 radical (unpaired) electrons. The maximum Gasteiger partial charge on any atom is 0.306 e. The molecule has 2 fully saturated rings. The normalized spacial score (nSPS) is 26.0. The fraction of sp³-hybridized carbons (Fsp3) is 0.600. The molecular weight excluding hydrogens is 304 g/mol. The van der Waals surface area contributed by atoms with E-state index in [-0.39, 0.29) is 10.9 Å². The van der Waals surface area contributed by atoms with Crippen molar-refractivity contribution in [1.29, 1.82) is 0 Å². The molecule has 1 aliphatic heterocycles. The van der Waals surface area contributed by atoms with Crippen LogP contribution in [0.25, 0.3) is 0 Å². The second-order valence-corrected chi connectivity index (χ2v) is 8.24. The number of carboxylic acids is 1. The lowest BCUT2D eigenvalue weighted by molar-refractivity contribution is -0.139. The van der Waals surface area contributed by atoms with E-state index in [1.54, 1.807) is 6.07 Å². The third-order valence-corrected chi connectivity index (χ3v) is 5.70. The third kappa shape index (κ3) is 3.09. The topological polar surface area (TPSA) is 87.6 Å². The first-order chi connectivity index (χ1) is 10.4. The molecule has 2 atom stereocenters. The number of carboxylic acid groups (broad SMARTS) is 1. The van der Waals surface area contributed by atoms with Crippen LogP contribution in [0.1, 0.15) is 19.3 Å². The molecule has 0 unspecified atom stereocenters. The first-order valence-corrected chi connectivity index (χ1v) is 9.40. The Bertz CT molecular complexity index is 681. The SMILES string of the molecule is CS(=O)(=O)c1cccc(N2CCC([C@@H]3C[C@H]3C(=O)O)CC2)n1. The Morgan fingerprint density at radius 1 is 1.32 bits per heavy atom. The fourth-order valence-corrected chi connectivity index (χ4v) is 3.95. The minimum Gasteiger partial charge on any atom is -0.481 e. The molecule has 0 aromatic carbocycles. The second kappa shape index (κ2) is 5.53. The second-order valence-electron chi connectivity index (χ2n) is 6.27. The average molecular weight is 324 g/mol. The van der Waals surface area contributed by atoms with Crippen LogP contribution in [-0.4, -0.2) is 43.8 Å². The van der Waals surface area contributed by atoms with Crippen molar-refractivity contribution in [3.8, 4) is 0 Å². The Morgan fingerprint density at radius 3 is 2.55 bits per heavy atom. The Hall–Kier alpha value is -1.63. The van der Waals surface area contributed by atoms with E-state index in [9.17, 15) is 13.2 Å². The summed E-state index contributed by atoms with van der Waals surface area (Å²) >= 11 is 0. The Kier molecular flexibility index (Phi) is 3.84. The lowest BCUT2D eigenvalue weighted by Gasteiger charge is -2.33. The Labute approximate surface area is 130 Å². The van der Waals surface area contributed by atoms with Crippen molar-refractivity contribution >= 4 is 21.6 Å². The van der Waals surface area contributed by atoms with Gasteiger partial charge in [-0.2, -0.15) is 0 Å². The van der Waals surface area contributed by atoms with Crippen molar-refractivity contribution < 1.29 is 18.3 Å². The van der Waals surface area contributed by atoms with Gasteiger partial charge < -0.3 is 10.0 Å². The molecule has 7 heteroatoms. The van der Waals surface area contributed by atoms with Gasteiger partial charge in [0.1, 0.15) is 5.82 Å². The van der Waals surface area contributed by atoms with Gasteiger partial charge in [0.15, 0.2) is 14.9 Å². The number of sulfone groups is 1. The summed E-state index contributed by atoms with van der Waals surface area (Å²) in [5.41, 5.74) is 0. The van der Waals surface area contributed by atoms with Crippen molar-refractivity contribution in [1.82, 2.24) is 4.98 Å². The monoisotopic (exact) mass is 324 g/mol. The highest BCUT2D eigenvalue weighted by atomic mass is 32.2. The summed E-state index contributed by atoms with van der Waals surface area (Å²) in [6.07, 6.45) is 3.85. The van der Waals surface area contributed by atoms with Gasteiger partial charge in [0.2, 0.25) is 0 Å². The number of pyridine rings is 1. The minimum atomic E-state index is -3.30. The summed E-state index contributed by atoms with van der Waals surface area (Å²) in [6.45, 7) is 1.60. The summed E-state index contributed by atoms with van der Waals surface area (Å²) in [4.78, 5) is 17.3. The molecule has 0 spiro atoms. The predicted octanol–water partition coefficient (Wildman–Crippen LogP) is 1.42. The molecule has 1 aliphatic carbocycles. The highest BCUT2D eigenvalue weighted by Gasteiger charge is 2.48. The van der Waals surface area contributed by atoms with E-state index in [4.69, 9.17) is 5.11 Å². The first kappa shape index (κ1) is 15.3. The number of hydrogen-bond donors (Lipinski definition) is 1. The maximum absolute atomic E-state index is 11.6. The molecule has 1 aromatic rings. The summed E-state index contributed by atoms with van der Waals surface area (Å²) in [6, 6.07) is 5.05. The Morgan fingerprint density at radius 2 is 2.00 bits per heavy atom. The predicted molar refractivity (Wildman–Crippen MR) is 81.5 cm³/mol. The number of anilines is 1. The molecule has 3 rings (SSSR count). The van der Waals surface area contributed by atoms with E-state index < -0.39 is 15.8 Å². The number of aliphatic carboxylic acids is 1. The van der Waals surface area contributed by atoms with E-state index in [0.717, 1.165) is 38.6 Å². The lowest BCUT2D eigenvalue weighted by Crippen LogP contribution is -2.35. The average Bonchev–Trinajstić information content (AvgIpc) is 3.27. The molecule has 1 saturated carbocycles. The molecule has 2 heterocycles. The van der Waals surface area contributed by atoms with Crippen LogP contribution in [0, 0.1) is 17.8 Å². The highest BCUT2D eigenvalue weighted by Crippen LogP contribution is 2.48. The van der Waals surface area contributed by atoms with Crippen molar-refractivity contribution in [2.24, 2.45) is 17.8 Å². The summed E-state index contributed by atoms with van der Waals surface area (Å²) < 4.78 is 23.2. The molecule has 22 heavy (non-hydrogen) atoms. The lowest BCUT2D eigenvalue weighted by atomic mass is 9.91. The van der Waals surface area contributed by atoms with E-state index in [1.165, 1.54) is 6.07 Å². The van der Waals surface area contributed by atoms with Crippen LogP contribution < -0.4 is 4.90 Å². The van der Waals surface area contributed by atoms with Crippen LogP contribution in [0.5, 0.6) is 0 Å². The quantitative estimate of drug-likeness (QED) is 0.901. The zero-order valence-corrected chi connectivity index (χ0v) is 13.3. The van der Waals surface area contributed by atoms with Crippen LogP contribution >= 0.6 is 0 Å². The van der Waals surface area contributed by atoms with Gasteiger partial charge in [-0.15, -0.1) is 0 Å². The number of carbonyl (C=O) groups is 1. The van der Waals surface area contributed by atoms with Gasteiger partial charge in [0, 0.05) is 19.3 Å². The number of piperidine rings is 1. The van der Waals surface area contributed by atoms with E-state index in [0.29, 0.717) is 17.7 Å². The minimum absolute atomic E-state index is 0.0975. The van der Waals surface area contributed by atoms with Crippen LogP contribution in [0.3, 0.4) is 0 Å². The van der Waals surface area contributed by atoms with Crippen LogP contribution in [-0.2, 0) is 14.6 Å². The smallest absolute Gasteiger partial charge is 0.306 e. The molecular formula is C15H20N2O4S. The number of rotatable bonds is 4. The summed E-state index contributed by atoms with van der Waals surface area (Å²) in [5, 5.41) is 9.11. The molecule has 120 valence electrons. The zero-order valence-electron chi connectivity index (χ0n) is 12.5. The van der Waals surface area contributed by atoms with Gasteiger partial charge in [0.05, 0.1) is 5.92 Å². The van der Waals surface area contributed by atoms with Gasteiger partial charge in [-0.1, -0.05) is 6.07 Å². The standard InChI is InChI=1S/C15H20N2O4S/c1-22(20,21)14-4-2-3-13(16-14)17-7-5-10(6-8-17)11-9-12(11)15(18)19/h2-4,10-12H,5-9H2,1H3,(H,18,19)/t11-,12+/m0/s1. The molecule has 6 nitrogen and oxygen atoms in total. The molecule has 0 bridgehead atoms. The fourth-order valence-electron chi connectivity index (χ4n) is 3.36. The van der Waals surface area contributed by atoms with Crippen molar-refractivity contribution in [2.75, 3.05) is 24.2 Å². The molecule has 2 aliphatic rings. The molecule has 1 N–H and O–H groups in total. The molecule has 1 saturated heterocycles. The van der Waals surface area contributed by atoms with Crippen LogP contribution in [0.2, 0.25) is 0 Å². The summed E-state index contributed by atoms with van der Waals surface area (Å²) in [5.74, 6) is 0.663. The van der Waals surface area contributed by atoms with Gasteiger partial charge in [-0.3, -0.25) is 4.79 Å². The third-order valence-electron chi connectivity index (χ3n) is 4.71. The van der Waals surface area contributed by atoms with Crippen molar-refractivity contribution in [2.45, 2.75) is 24.3 Å². The highest BCUT2D eigenvalue weighted by molar-refractivity contribution is 7.90. The zero-order chi connectivity index (χ0) is 15.9. The maximum atomic E-state index is 11.6. The van der Waals surface area contributed by atoms with Crippen LogP contribution in [0.15, 0.2) is 23.2 Å².